The van der Waals surface area contributed by atoms with Gasteiger partial charge in [0.05, 0.1) is 13.2 Å². The normalized spacial score (nSPS) is 13.5. The van der Waals surface area contributed by atoms with Crippen LogP contribution in [0.1, 0.15) is 149 Å². The molecule has 0 heterocycles. The molecule has 2 unspecified atom stereocenters. The first kappa shape index (κ1) is 51.8. The van der Waals surface area contributed by atoms with Gasteiger partial charge in [0.15, 0.2) is 0 Å². The van der Waals surface area contributed by atoms with Crippen molar-refractivity contribution < 1.29 is 34.1 Å². The SMILES string of the molecule is CC/C=C\C/C=C\C/C=C\C/C=C\C/C=C\C(CCCCC(=O)NCC(=O)NC(CO)C(=O)O)OC(=O)CCCCCCCCC/C=C\C/C=C\C/C=C\CC. The average Bonchev–Trinajstić information content (AvgIpc) is 3.18. The summed E-state index contributed by atoms with van der Waals surface area (Å²) in [6, 6.07) is -1.42. The lowest BCUT2D eigenvalue weighted by molar-refractivity contribution is -0.147. The molecule has 314 valence electrons. The van der Waals surface area contributed by atoms with Crippen molar-refractivity contribution >= 4 is 23.8 Å². The molecular weight excluding hydrogens is 705 g/mol. The van der Waals surface area contributed by atoms with Crippen LogP contribution in [0, 0.1) is 0 Å². The molecule has 0 aliphatic heterocycles. The van der Waals surface area contributed by atoms with Gasteiger partial charge in [-0.3, -0.25) is 14.4 Å². The molecule has 0 bridgehead atoms. The van der Waals surface area contributed by atoms with Crippen LogP contribution in [0.4, 0.5) is 0 Å². The van der Waals surface area contributed by atoms with Crippen molar-refractivity contribution in [1.29, 1.82) is 0 Å². The Bertz CT molecular complexity index is 1260. The minimum absolute atomic E-state index is 0.174. The number of carbonyl (C=O) groups excluding carboxylic acids is 3. The van der Waals surface area contributed by atoms with Gasteiger partial charge in [-0.05, 0) is 96.0 Å². The number of ether oxygens (including phenoxy) is 1. The third-order valence-electron chi connectivity index (χ3n) is 8.56. The molecule has 0 aliphatic carbocycles. The topological polar surface area (TPSA) is 142 Å². The zero-order valence-corrected chi connectivity index (χ0v) is 34.6. The van der Waals surface area contributed by atoms with Gasteiger partial charge >= 0.3 is 11.9 Å². The number of esters is 1. The lowest BCUT2D eigenvalue weighted by atomic mass is 10.1. The summed E-state index contributed by atoms with van der Waals surface area (Å²) in [6.07, 6.45) is 53.0. The Morgan fingerprint density at radius 1 is 0.554 bits per heavy atom. The van der Waals surface area contributed by atoms with Crippen molar-refractivity contribution in [2.45, 2.75) is 161 Å². The number of aliphatic carboxylic acids is 1. The molecule has 0 saturated carbocycles. The number of aliphatic hydroxyl groups excluding tert-OH is 1. The molecule has 9 heteroatoms. The van der Waals surface area contributed by atoms with Crippen LogP contribution >= 0.6 is 0 Å². The van der Waals surface area contributed by atoms with Crippen LogP contribution in [-0.2, 0) is 23.9 Å². The fourth-order valence-electron chi connectivity index (χ4n) is 5.38. The molecule has 0 aromatic heterocycles. The molecule has 56 heavy (non-hydrogen) atoms. The third-order valence-corrected chi connectivity index (χ3v) is 8.56. The summed E-state index contributed by atoms with van der Waals surface area (Å²) < 4.78 is 5.84. The predicted octanol–water partition coefficient (Wildman–Crippen LogP) is 10.3. The van der Waals surface area contributed by atoms with E-state index < -0.39 is 24.5 Å². The maximum atomic E-state index is 12.7. The van der Waals surface area contributed by atoms with Crippen LogP contribution in [-0.4, -0.2) is 59.3 Å². The zero-order valence-electron chi connectivity index (χ0n) is 34.6. The molecule has 0 aromatic carbocycles. The first-order valence-corrected chi connectivity index (χ1v) is 21.1. The lowest BCUT2D eigenvalue weighted by Crippen LogP contribution is -2.47. The zero-order chi connectivity index (χ0) is 41.2. The average molecular weight is 779 g/mol. The smallest absolute Gasteiger partial charge is 0.328 e. The number of carbonyl (C=O) groups is 4. The molecule has 2 atom stereocenters. The molecule has 0 rings (SSSR count). The largest absolute Gasteiger partial charge is 0.480 e. The summed E-state index contributed by atoms with van der Waals surface area (Å²) in [6.45, 7) is 3.16. The van der Waals surface area contributed by atoms with E-state index in [1.807, 2.05) is 12.2 Å². The van der Waals surface area contributed by atoms with Crippen molar-refractivity contribution in [1.82, 2.24) is 10.6 Å². The summed E-state index contributed by atoms with van der Waals surface area (Å²) in [4.78, 5) is 47.8. The van der Waals surface area contributed by atoms with E-state index in [4.69, 9.17) is 14.9 Å². The Morgan fingerprint density at radius 3 is 1.54 bits per heavy atom. The van der Waals surface area contributed by atoms with E-state index in [1.54, 1.807) is 0 Å². The molecule has 0 fully saturated rings. The number of aliphatic hydroxyl groups is 1. The Hall–Kier alpha value is -4.24. The first-order valence-electron chi connectivity index (χ1n) is 21.1. The molecule has 0 saturated heterocycles. The number of rotatable bonds is 36. The van der Waals surface area contributed by atoms with E-state index in [2.05, 4.69) is 110 Å². The maximum Gasteiger partial charge on any atom is 0.328 e. The van der Waals surface area contributed by atoms with Crippen molar-refractivity contribution in [2.24, 2.45) is 0 Å². The summed E-state index contributed by atoms with van der Waals surface area (Å²) in [5.41, 5.74) is 0. The van der Waals surface area contributed by atoms with Crippen molar-refractivity contribution in [2.75, 3.05) is 13.2 Å². The van der Waals surface area contributed by atoms with Crippen LogP contribution in [0.15, 0.2) is 97.2 Å². The Balaban J connectivity index is 4.57. The molecule has 0 aromatic rings. The van der Waals surface area contributed by atoms with E-state index in [0.29, 0.717) is 25.7 Å². The highest BCUT2D eigenvalue weighted by Crippen LogP contribution is 2.14. The second kappa shape index (κ2) is 40.4. The summed E-state index contributed by atoms with van der Waals surface area (Å²) >= 11 is 0. The van der Waals surface area contributed by atoms with E-state index in [9.17, 15) is 19.2 Å². The molecule has 4 N–H and O–H groups in total. The third kappa shape index (κ3) is 36.7. The van der Waals surface area contributed by atoms with E-state index in [0.717, 1.165) is 77.0 Å². The highest BCUT2D eigenvalue weighted by Gasteiger charge is 2.19. The van der Waals surface area contributed by atoms with Crippen LogP contribution in [0.2, 0.25) is 0 Å². The van der Waals surface area contributed by atoms with Gasteiger partial charge in [0.2, 0.25) is 11.8 Å². The van der Waals surface area contributed by atoms with Gasteiger partial charge in [-0.2, -0.15) is 0 Å². The van der Waals surface area contributed by atoms with Gasteiger partial charge < -0.3 is 25.6 Å². The van der Waals surface area contributed by atoms with Crippen molar-refractivity contribution in [3.8, 4) is 0 Å². The second-order valence-electron chi connectivity index (χ2n) is 13.7. The minimum Gasteiger partial charge on any atom is -0.480 e. The Kier molecular flexibility index (Phi) is 37.4. The van der Waals surface area contributed by atoms with E-state index in [1.165, 1.54) is 25.7 Å². The summed E-state index contributed by atoms with van der Waals surface area (Å²) in [7, 11) is 0. The molecule has 9 nitrogen and oxygen atoms in total. The number of hydrogen-bond acceptors (Lipinski definition) is 6. The molecular formula is C47H74N2O7. The lowest BCUT2D eigenvalue weighted by Gasteiger charge is -2.15. The Morgan fingerprint density at radius 2 is 1.02 bits per heavy atom. The quantitative estimate of drug-likeness (QED) is 0.0282. The number of nitrogens with one attached hydrogen (secondary N) is 2. The minimum atomic E-state index is -1.42. The second-order valence-corrected chi connectivity index (χ2v) is 13.7. The van der Waals surface area contributed by atoms with Gasteiger partial charge in [-0.15, -0.1) is 0 Å². The Labute approximate surface area is 338 Å². The van der Waals surface area contributed by atoms with Gasteiger partial charge in [-0.1, -0.05) is 137 Å². The number of carboxylic acids is 1. The fraction of sp³-hybridized carbons (Fsp3) is 0.574. The number of allylic oxidation sites excluding steroid dienone is 15. The first-order chi connectivity index (χ1) is 27.3. The number of carboxylic acid groups (broad SMARTS) is 1. The van der Waals surface area contributed by atoms with Gasteiger partial charge in [0.25, 0.3) is 0 Å². The highest BCUT2D eigenvalue weighted by molar-refractivity contribution is 5.87. The van der Waals surface area contributed by atoms with Crippen LogP contribution < -0.4 is 10.6 Å². The van der Waals surface area contributed by atoms with Crippen LogP contribution in [0.5, 0.6) is 0 Å². The number of amides is 2. The summed E-state index contributed by atoms with van der Waals surface area (Å²) in [5.74, 6) is -2.60. The van der Waals surface area contributed by atoms with Crippen molar-refractivity contribution in [3.63, 3.8) is 0 Å². The standard InChI is InChI=1S/C47H74N2O7/c1-3-5-7-9-11-13-15-17-19-20-21-23-25-27-29-31-33-39-46(53)56-42(36-32-30-28-26-24-22-18-16-14-12-10-8-6-4-2)37-34-35-38-44(51)48-40-45(52)49-43(41-50)47(54)55/h5-8,11-14,17-19,22,26,28,32,36,42-43,50H,3-4,9-10,15-16,20-21,23-25,27,29-31,33-35,37-41H2,1-2H3,(H,48,51)(H,49,52)(H,54,55)/b7-5-,8-6-,13-11-,14-12-,19-17-,22-18-,28-26-,36-32-. The van der Waals surface area contributed by atoms with Crippen molar-refractivity contribution in [3.05, 3.63) is 97.2 Å². The molecule has 0 radical (unpaired) electrons. The van der Waals surface area contributed by atoms with E-state index >= 15 is 0 Å². The number of hydrogen-bond donors (Lipinski definition) is 4. The van der Waals surface area contributed by atoms with Gasteiger partial charge in [0.1, 0.15) is 12.1 Å². The molecule has 0 aliphatic rings. The van der Waals surface area contributed by atoms with Crippen LogP contribution in [0.3, 0.4) is 0 Å². The fourth-order valence-corrected chi connectivity index (χ4v) is 5.38. The van der Waals surface area contributed by atoms with Gasteiger partial charge in [-0.25, -0.2) is 4.79 Å². The highest BCUT2D eigenvalue weighted by atomic mass is 16.5. The van der Waals surface area contributed by atoms with Crippen LogP contribution in [0.25, 0.3) is 0 Å². The molecule has 0 spiro atoms. The summed E-state index contributed by atoms with van der Waals surface area (Å²) in [5, 5.41) is 22.6. The maximum absolute atomic E-state index is 12.7. The van der Waals surface area contributed by atoms with Gasteiger partial charge in [0, 0.05) is 12.8 Å². The van der Waals surface area contributed by atoms with E-state index in [-0.39, 0.29) is 30.9 Å². The molecule has 2 amide bonds. The number of unbranched alkanes of at least 4 members (excludes halogenated alkanes) is 8. The monoisotopic (exact) mass is 779 g/mol. The predicted molar refractivity (Wildman–Crippen MR) is 231 cm³/mol.